The first-order valence-corrected chi connectivity index (χ1v) is 7.21. The zero-order valence-corrected chi connectivity index (χ0v) is 12.6. The summed E-state index contributed by atoms with van der Waals surface area (Å²) in [7, 11) is 0. The minimum absolute atomic E-state index is 0.355. The van der Waals surface area contributed by atoms with Gasteiger partial charge in [-0.3, -0.25) is 4.98 Å². The fourth-order valence-corrected chi connectivity index (χ4v) is 2.44. The van der Waals surface area contributed by atoms with Gasteiger partial charge in [-0.25, -0.2) is 9.78 Å². The quantitative estimate of drug-likeness (QED) is 0.858. The lowest BCUT2D eigenvalue weighted by Crippen LogP contribution is -2.07. The van der Waals surface area contributed by atoms with E-state index in [0.717, 1.165) is 16.1 Å². The van der Waals surface area contributed by atoms with Gasteiger partial charge in [-0.1, -0.05) is 6.07 Å². The zero-order chi connectivity index (χ0) is 14.5. The number of carbonyl (C=O) groups is 1. The molecule has 0 saturated heterocycles. The van der Waals surface area contributed by atoms with Crippen LogP contribution in [0.5, 0.6) is 0 Å². The summed E-state index contributed by atoms with van der Waals surface area (Å²) >= 11 is 1.45. The number of aryl methyl sites for hydroxylation is 2. The van der Waals surface area contributed by atoms with Crippen LogP contribution in [0.2, 0.25) is 0 Å². The molecular weight excluding hydrogens is 274 g/mol. The minimum Gasteiger partial charge on any atom is -0.461 e. The van der Waals surface area contributed by atoms with Crippen LogP contribution >= 0.6 is 11.3 Å². The molecule has 0 saturated carbocycles. The van der Waals surface area contributed by atoms with Gasteiger partial charge in [0.15, 0.2) is 10.8 Å². The highest BCUT2D eigenvalue weighted by atomic mass is 32.1. The van der Waals surface area contributed by atoms with E-state index < -0.39 is 0 Å². The highest BCUT2D eigenvalue weighted by Gasteiger charge is 2.16. The minimum atomic E-state index is -0.369. The molecule has 2 aromatic heterocycles. The number of nitrogens with zero attached hydrogens (tertiary/aromatic N) is 2. The van der Waals surface area contributed by atoms with Crippen molar-refractivity contribution < 1.29 is 9.53 Å². The van der Waals surface area contributed by atoms with E-state index >= 15 is 0 Å². The molecule has 2 rings (SSSR count). The van der Waals surface area contributed by atoms with E-state index in [1.54, 1.807) is 6.92 Å². The van der Waals surface area contributed by atoms with E-state index in [1.165, 1.54) is 11.3 Å². The number of nitrogens with one attached hydrogen (secondary N) is 1. The van der Waals surface area contributed by atoms with Crippen LogP contribution in [0.4, 0.5) is 5.13 Å². The lowest BCUT2D eigenvalue weighted by molar-refractivity contribution is 0.0519. The molecule has 106 valence electrons. The summed E-state index contributed by atoms with van der Waals surface area (Å²) in [6.45, 7) is 6.58. The molecule has 1 N–H and O–H groups in total. The molecule has 0 unspecified atom stereocenters. The number of thiazole rings is 1. The lowest BCUT2D eigenvalue weighted by Gasteiger charge is -2.02. The fraction of sp³-hybridized carbons (Fsp3) is 0.357. The largest absolute Gasteiger partial charge is 0.461 e. The van der Waals surface area contributed by atoms with Crippen molar-refractivity contribution in [2.75, 3.05) is 11.9 Å². The summed E-state index contributed by atoms with van der Waals surface area (Å²) < 4.78 is 4.97. The van der Waals surface area contributed by atoms with E-state index in [9.17, 15) is 4.79 Å². The Morgan fingerprint density at radius 1 is 1.40 bits per heavy atom. The van der Waals surface area contributed by atoms with Crippen LogP contribution in [0.25, 0.3) is 0 Å². The average molecular weight is 291 g/mol. The maximum absolute atomic E-state index is 11.7. The molecule has 2 heterocycles. The van der Waals surface area contributed by atoms with Gasteiger partial charge < -0.3 is 10.1 Å². The number of rotatable bonds is 5. The van der Waals surface area contributed by atoms with Gasteiger partial charge in [-0.15, -0.1) is 11.3 Å². The molecule has 0 aliphatic rings. The summed E-state index contributed by atoms with van der Waals surface area (Å²) in [5.74, 6) is -0.369. The van der Waals surface area contributed by atoms with Crippen molar-refractivity contribution in [1.82, 2.24) is 9.97 Å². The van der Waals surface area contributed by atoms with Gasteiger partial charge in [0, 0.05) is 23.3 Å². The summed E-state index contributed by atoms with van der Waals surface area (Å²) in [5, 5.41) is 3.91. The van der Waals surface area contributed by atoms with Crippen molar-refractivity contribution in [3.8, 4) is 0 Å². The number of ether oxygens (including phenoxy) is 1. The number of hydrogen-bond acceptors (Lipinski definition) is 6. The predicted molar refractivity (Wildman–Crippen MR) is 79.1 cm³/mol. The maximum atomic E-state index is 11.7. The van der Waals surface area contributed by atoms with E-state index in [2.05, 4.69) is 15.3 Å². The summed E-state index contributed by atoms with van der Waals surface area (Å²) in [5.41, 5.74) is 2.45. The summed E-state index contributed by atoms with van der Waals surface area (Å²) in [6, 6.07) is 3.98. The van der Waals surface area contributed by atoms with Crippen molar-refractivity contribution in [1.29, 1.82) is 0 Å². The first kappa shape index (κ1) is 14.5. The van der Waals surface area contributed by atoms with Crippen molar-refractivity contribution >= 4 is 22.4 Å². The van der Waals surface area contributed by atoms with E-state index in [-0.39, 0.29) is 5.97 Å². The van der Waals surface area contributed by atoms with E-state index in [4.69, 9.17) is 4.74 Å². The van der Waals surface area contributed by atoms with Crippen molar-refractivity contribution in [3.63, 3.8) is 0 Å². The number of carbonyl (C=O) groups excluding carboxylic acids is 1. The molecule has 0 aliphatic carbocycles. The average Bonchev–Trinajstić information content (AvgIpc) is 2.80. The van der Waals surface area contributed by atoms with Crippen molar-refractivity contribution in [2.45, 2.75) is 27.3 Å². The molecule has 0 amide bonds. The first-order chi connectivity index (χ1) is 9.60. The molecule has 0 aromatic carbocycles. The van der Waals surface area contributed by atoms with Gasteiger partial charge in [0.05, 0.1) is 6.61 Å². The van der Waals surface area contributed by atoms with Gasteiger partial charge in [0.2, 0.25) is 0 Å². The Balaban J connectivity index is 2.01. The van der Waals surface area contributed by atoms with Crippen LogP contribution < -0.4 is 5.32 Å². The van der Waals surface area contributed by atoms with Gasteiger partial charge in [0.25, 0.3) is 0 Å². The Kier molecular flexibility index (Phi) is 4.68. The fourth-order valence-electron chi connectivity index (χ4n) is 1.64. The molecule has 0 spiro atoms. The van der Waals surface area contributed by atoms with Gasteiger partial charge in [0.1, 0.15) is 0 Å². The number of aromatic nitrogens is 2. The molecule has 0 aliphatic heterocycles. The molecule has 2 aromatic rings. The molecule has 6 heteroatoms. The third-order valence-corrected chi connectivity index (χ3v) is 3.61. The Hall–Kier alpha value is -1.95. The molecule has 0 fully saturated rings. The van der Waals surface area contributed by atoms with Crippen LogP contribution in [-0.4, -0.2) is 22.5 Å². The molecule has 20 heavy (non-hydrogen) atoms. The van der Waals surface area contributed by atoms with Gasteiger partial charge in [-0.2, -0.15) is 0 Å². The lowest BCUT2D eigenvalue weighted by atomic mass is 10.2. The Labute approximate surface area is 122 Å². The second-order valence-electron chi connectivity index (χ2n) is 4.31. The maximum Gasteiger partial charge on any atom is 0.358 e. The summed E-state index contributed by atoms with van der Waals surface area (Å²) in [4.78, 5) is 21.0. The Morgan fingerprint density at radius 2 is 2.20 bits per heavy atom. The SMILES string of the molecule is CCOC(=O)c1nc(NCc2ccc(C)nc2)sc1C. The zero-order valence-electron chi connectivity index (χ0n) is 11.8. The first-order valence-electron chi connectivity index (χ1n) is 6.40. The Bertz CT molecular complexity index is 593. The highest BCUT2D eigenvalue weighted by molar-refractivity contribution is 7.15. The third-order valence-electron chi connectivity index (χ3n) is 2.68. The second-order valence-corrected chi connectivity index (χ2v) is 5.51. The topological polar surface area (TPSA) is 64.1 Å². The standard InChI is InChI=1S/C14H17N3O2S/c1-4-19-13(18)12-10(3)20-14(17-12)16-8-11-6-5-9(2)15-7-11/h5-7H,4,8H2,1-3H3,(H,16,17). The van der Waals surface area contributed by atoms with E-state index in [1.807, 2.05) is 32.2 Å². The number of esters is 1. The number of hydrogen-bond donors (Lipinski definition) is 1. The molecule has 5 nitrogen and oxygen atoms in total. The van der Waals surface area contributed by atoms with Gasteiger partial charge >= 0.3 is 5.97 Å². The van der Waals surface area contributed by atoms with Crippen molar-refractivity contribution in [2.24, 2.45) is 0 Å². The molecule has 0 atom stereocenters. The normalized spacial score (nSPS) is 10.3. The van der Waals surface area contributed by atoms with E-state index in [0.29, 0.717) is 24.0 Å². The second kappa shape index (κ2) is 6.47. The van der Waals surface area contributed by atoms with Crippen LogP contribution in [0, 0.1) is 13.8 Å². The summed E-state index contributed by atoms with van der Waals surface area (Å²) in [6.07, 6.45) is 1.83. The van der Waals surface area contributed by atoms with Gasteiger partial charge in [-0.05, 0) is 32.4 Å². The number of anilines is 1. The molecular formula is C14H17N3O2S. The van der Waals surface area contributed by atoms with Crippen LogP contribution in [0.3, 0.4) is 0 Å². The molecule has 0 bridgehead atoms. The Morgan fingerprint density at radius 3 is 2.85 bits per heavy atom. The van der Waals surface area contributed by atoms with Crippen LogP contribution in [0.15, 0.2) is 18.3 Å². The van der Waals surface area contributed by atoms with Crippen LogP contribution in [0.1, 0.15) is 33.5 Å². The predicted octanol–water partition coefficient (Wildman–Crippen LogP) is 2.94. The van der Waals surface area contributed by atoms with Crippen molar-refractivity contribution in [3.05, 3.63) is 40.2 Å². The third kappa shape index (κ3) is 3.54. The number of pyridine rings is 1. The smallest absolute Gasteiger partial charge is 0.358 e. The monoisotopic (exact) mass is 291 g/mol. The molecule has 0 radical (unpaired) electrons. The highest BCUT2D eigenvalue weighted by Crippen LogP contribution is 2.23. The van der Waals surface area contributed by atoms with Crippen LogP contribution in [-0.2, 0) is 11.3 Å².